The van der Waals surface area contributed by atoms with E-state index in [4.69, 9.17) is 0 Å². The molecule has 2 aromatic carbocycles. The summed E-state index contributed by atoms with van der Waals surface area (Å²) >= 11 is 0. The third kappa shape index (κ3) is 3.28. The van der Waals surface area contributed by atoms with Gasteiger partial charge in [0, 0.05) is 19.2 Å². The first-order valence-corrected chi connectivity index (χ1v) is 9.36. The zero-order chi connectivity index (χ0) is 17.3. The van der Waals surface area contributed by atoms with Gasteiger partial charge in [0.15, 0.2) is 0 Å². The van der Waals surface area contributed by atoms with Crippen LogP contribution in [0.1, 0.15) is 24.5 Å². The Bertz CT molecular complexity index is 891. The Morgan fingerprint density at radius 2 is 1.96 bits per heavy atom. The van der Waals surface area contributed by atoms with Crippen LogP contribution in [0.2, 0.25) is 0 Å². The van der Waals surface area contributed by atoms with E-state index in [0.717, 1.165) is 29.7 Å². The third-order valence-corrected chi connectivity index (χ3v) is 5.52. The van der Waals surface area contributed by atoms with Crippen molar-refractivity contribution >= 4 is 27.3 Å². The van der Waals surface area contributed by atoms with Crippen LogP contribution in [0, 0.1) is 6.92 Å². The largest absolute Gasteiger partial charge is 0.312 e. The number of aryl methyl sites for hydroxylation is 2. The molecule has 0 atom stereocenters. The number of hydrogen-bond acceptors (Lipinski definition) is 3. The number of hydrogen-bond donors (Lipinski definition) is 1. The molecule has 1 N–H and O–H groups in total. The first kappa shape index (κ1) is 16.5. The van der Waals surface area contributed by atoms with Crippen molar-refractivity contribution in [3.05, 3.63) is 53.6 Å². The number of sulfonamides is 1. The van der Waals surface area contributed by atoms with Crippen molar-refractivity contribution in [3.63, 3.8) is 0 Å². The molecule has 1 heterocycles. The Hall–Kier alpha value is -2.34. The van der Waals surface area contributed by atoms with Crippen molar-refractivity contribution in [2.24, 2.45) is 0 Å². The Balaban J connectivity index is 1.94. The van der Waals surface area contributed by atoms with Gasteiger partial charge in [-0.3, -0.25) is 9.52 Å². The summed E-state index contributed by atoms with van der Waals surface area (Å²) in [4.78, 5) is 13.7. The number of nitrogens with zero attached hydrogens (tertiary/aromatic N) is 1. The van der Waals surface area contributed by atoms with Gasteiger partial charge in [0.1, 0.15) is 0 Å². The molecule has 1 aliphatic heterocycles. The minimum Gasteiger partial charge on any atom is -0.312 e. The van der Waals surface area contributed by atoms with Crippen molar-refractivity contribution < 1.29 is 13.2 Å². The summed E-state index contributed by atoms with van der Waals surface area (Å²) in [5, 5.41) is 0. The zero-order valence-electron chi connectivity index (χ0n) is 13.7. The predicted molar refractivity (Wildman–Crippen MR) is 94.8 cm³/mol. The van der Waals surface area contributed by atoms with Gasteiger partial charge in [-0.05, 0) is 55.2 Å². The van der Waals surface area contributed by atoms with Gasteiger partial charge in [-0.1, -0.05) is 18.2 Å². The maximum atomic E-state index is 12.5. The minimum atomic E-state index is -3.65. The van der Waals surface area contributed by atoms with Crippen molar-refractivity contribution in [2.75, 3.05) is 16.2 Å². The Kier molecular flexibility index (Phi) is 4.32. The average molecular weight is 344 g/mol. The fourth-order valence-corrected chi connectivity index (χ4v) is 4.12. The zero-order valence-corrected chi connectivity index (χ0v) is 14.6. The molecule has 0 aromatic heterocycles. The summed E-state index contributed by atoms with van der Waals surface area (Å²) in [6.45, 7) is 4.04. The second-order valence-corrected chi connectivity index (χ2v) is 7.72. The first-order chi connectivity index (χ1) is 11.4. The Labute approximate surface area is 142 Å². The molecule has 0 spiro atoms. The molecule has 0 unspecified atom stereocenters. The summed E-state index contributed by atoms with van der Waals surface area (Å²) in [6.07, 6.45) is 1.81. The lowest BCUT2D eigenvalue weighted by Gasteiger charge is -2.29. The number of nitrogens with one attached hydrogen (secondary N) is 1. The van der Waals surface area contributed by atoms with E-state index < -0.39 is 10.0 Å². The first-order valence-electron chi connectivity index (χ1n) is 7.87. The van der Waals surface area contributed by atoms with E-state index in [1.165, 1.54) is 6.92 Å². The summed E-state index contributed by atoms with van der Waals surface area (Å²) < 4.78 is 27.7. The van der Waals surface area contributed by atoms with Gasteiger partial charge < -0.3 is 4.90 Å². The Morgan fingerprint density at radius 3 is 2.67 bits per heavy atom. The summed E-state index contributed by atoms with van der Waals surface area (Å²) in [6, 6.07) is 12.1. The number of carbonyl (C=O) groups excluding carboxylic acids is 1. The molecular formula is C18H20N2O3S. The van der Waals surface area contributed by atoms with E-state index in [0.29, 0.717) is 12.2 Å². The van der Waals surface area contributed by atoms with Crippen LogP contribution in [0.3, 0.4) is 0 Å². The summed E-state index contributed by atoms with van der Waals surface area (Å²) in [5.74, 6) is -0.0327. The summed E-state index contributed by atoms with van der Waals surface area (Å²) in [7, 11) is -3.65. The van der Waals surface area contributed by atoms with Crippen LogP contribution in [0.5, 0.6) is 0 Å². The van der Waals surface area contributed by atoms with Crippen molar-refractivity contribution in [1.82, 2.24) is 0 Å². The highest BCUT2D eigenvalue weighted by atomic mass is 32.2. The maximum Gasteiger partial charge on any atom is 0.261 e. The molecule has 2 aromatic rings. The molecule has 0 fully saturated rings. The highest BCUT2D eigenvalue weighted by molar-refractivity contribution is 7.92. The lowest BCUT2D eigenvalue weighted by atomic mass is 10.0. The Morgan fingerprint density at radius 1 is 1.17 bits per heavy atom. The average Bonchev–Trinajstić information content (AvgIpc) is 2.53. The standard InChI is InChI=1S/C18H20N2O3S/c1-13-5-3-7-17(11-13)24(22,23)19-16-9-8-15-6-4-10-20(14(2)21)18(15)12-16/h3,5,7-9,11-12,19H,4,6,10H2,1-2H3. The number of carbonyl (C=O) groups is 1. The van der Waals surface area contributed by atoms with Crippen LogP contribution in [0.15, 0.2) is 47.4 Å². The van der Waals surface area contributed by atoms with E-state index in [1.54, 1.807) is 35.2 Å². The predicted octanol–water partition coefficient (Wildman–Crippen LogP) is 3.09. The third-order valence-electron chi connectivity index (χ3n) is 4.14. The van der Waals surface area contributed by atoms with E-state index in [-0.39, 0.29) is 10.8 Å². The van der Waals surface area contributed by atoms with Gasteiger partial charge in [0.2, 0.25) is 5.91 Å². The monoisotopic (exact) mass is 344 g/mol. The molecule has 6 heteroatoms. The van der Waals surface area contributed by atoms with E-state index in [9.17, 15) is 13.2 Å². The van der Waals surface area contributed by atoms with E-state index in [2.05, 4.69) is 4.72 Å². The van der Waals surface area contributed by atoms with Gasteiger partial charge in [-0.2, -0.15) is 0 Å². The lowest BCUT2D eigenvalue weighted by molar-refractivity contribution is -0.116. The topological polar surface area (TPSA) is 66.5 Å². The fraction of sp³-hybridized carbons (Fsp3) is 0.278. The van der Waals surface area contributed by atoms with Crippen LogP contribution in [-0.2, 0) is 21.2 Å². The molecule has 1 aliphatic rings. The second-order valence-electron chi connectivity index (χ2n) is 6.04. The fourth-order valence-electron chi connectivity index (χ4n) is 2.96. The van der Waals surface area contributed by atoms with Gasteiger partial charge in [-0.15, -0.1) is 0 Å². The van der Waals surface area contributed by atoms with Crippen LogP contribution >= 0.6 is 0 Å². The van der Waals surface area contributed by atoms with Gasteiger partial charge in [-0.25, -0.2) is 8.42 Å². The van der Waals surface area contributed by atoms with Crippen molar-refractivity contribution in [3.8, 4) is 0 Å². The number of anilines is 2. The van der Waals surface area contributed by atoms with Gasteiger partial charge >= 0.3 is 0 Å². The lowest BCUT2D eigenvalue weighted by Crippen LogP contribution is -2.33. The van der Waals surface area contributed by atoms with Gasteiger partial charge in [0.25, 0.3) is 10.0 Å². The molecule has 0 saturated carbocycles. The van der Waals surface area contributed by atoms with Crippen LogP contribution < -0.4 is 9.62 Å². The van der Waals surface area contributed by atoms with Crippen molar-refractivity contribution in [1.29, 1.82) is 0 Å². The number of benzene rings is 2. The molecular weight excluding hydrogens is 324 g/mol. The molecule has 0 radical (unpaired) electrons. The molecule has 0 aliphatic carbocycles. The molecule has 0 saturated heterocycles. The highest BCUT2D eigenvalue weighted by Gasteiger charge is 2.21. The minimum absolute atomic E-state index is 0.0327. The SMILES string of the molecule is CC(=O)N1CCCc2ccc(NS(=O)(=O)c3cccc(C)c3)cc21. The molecule has 126 valence electrons. The summed E-state index contributed by atoms with van der Waals surface area (Å²) in [5.41, 5.74) is 3.20. The molecule has 5 nitrogen and oxygen atoms in total. The maximum absolute atomic E-state index is 12.5. The molecule has 0 bridgehead atoms. The van der Waals surface area contributed by atoms with Gasteiger partial charge in [0.05, 0.1) is 10.6 Å². The number of fused-ring (bicyclic) bond motifs is 1. The quantitative estimate of drug-likeness (QED) is 0.930. The van der Waals surface area contributed by atoms with E-state index in [1.807, 2.05) is 19.1 Å². The van der Waals surface area contributed by atoms with Crippen molar-refractivity contribution in [2.45, 2.75) is 31.6 Å². The normalized spacial score (nSPS) is 14.2. The molecule has 1 amide bonds. The smallest absolute Gasteiger partial charge is 0.261 e. The second kappa shape index (κ2) is 6.28. The highest BCUT2D eigenvalue weighted by Crippen LogP contribution is 2.31. The molecule has 24 heavy (non-hydrogen) atoms. The number of amides is 1. The molecule has 3 rings (SSSR count). The van der Waals surface area contributed by atoms with Crippen LogP contribution in [-0.4, -0.2) is 20.9 Å². The number of rotatable bonds is 3. The van der Waals surface area contributed by atoms with Crippen LogP contribution in [0.25, 0.3) is 0 Å². The van der Waals surface area contributed by atoms with E-state index >= 15 is 0 Å². The van der Waals surface area contributed by atoms with Crippen LogP contribution in [0.4, 0.5) is 11.4 Å².